The van der Waals surface area contributed by atoms with Crippen LogP contribution in [0.1, 0.15) is 57.4 Å². The Labute approximate surface area is 126 Å². The average molecular weight is 303 g/mol. The first kappa shape index (κ1) is 16.8. The van der Waals surface area contributed by atoms with Gasteiger partial charge in [0.25, 0.3) is 0 Å². The summed E-state index contributed by atoms with van der Waals surface area (Å²) in [5.41, 5.74) is 0.650. The molecule has 0 bridgehead atoms. The van der Waals surface area contributed by atoms with Crippen molar-refractivity contribution in [1.82, 2.24) is 0 Å². The van der Waals surface area contributed by atoms with E-state index in [2.05, 4.69) is 6.92 Å². The zero-order valence-corrected chi connectivity index (χ0v) is 13.3. The number of hydrogen-bond donors (Lipinski definition) is 0. The monoisotopic (exact) mass is 302 g/mol. The average Bonchev–Trinajstić information content (AvgIpc) is 2.40. The molecule has 0 N–H and O–H groups in total. The van der Waals surface area contributed by atoms with Gasteiger partial charge in [0.1, 0.15) is 5.82 Å². The number of rotatable bonds is 10. The van der Waals surface area contributed by atoms with Crippen LogP contribution in [0.25, 0.3) is 0 Å². The van der Waals surface area contributed by atoms with Gasteiger partial charge in [-0.1, -0.05) is 63.1 Å². The highest BCUT2D eigenvalue weighted by atomic mass is 35.5. The summed E-state index contributed by atoms with van der Waals surface area (Å²) < 4.78 is 13.5. The third-order valence-corrected chi connectivity index (χ3v) is 4.62. The standard InChI is InChI=1S/C16H24ClFS/c1-2-3-4-5-6-7-8-12-19-13-14-15(17)10-9-11-16(14)18/h9-11H,2-8,12-13H2,1H3. The predicted molar refractivity (Wildman–Crippen MR) is 85.6 cm³/mol. The number of unbranched alkanes of at least 4 members (excludes halogenated alkanes) is 6. The molecule has 0 aromatic heterocycles. The van der Waals surface area contributed by atoms with E-state index in [0.29, 0.717) is 16.3 Å². The van der Waals surface area contributed by atoms with E-state index in [1.807, 2.05) is 0 Å². The van der Waals surface area contributed by atoms with Crippen molar-refractivity contribution >= 4 is 23.4 Å². The number of benzene rings is 1. The normalized spacial score (nSPS) is 10.9. The molecule has 0 aliphatic heterocycles. The Morgan fingerprint density at radius 2 is 1.74 bits per heavy atom. The van der Waals surface area contributed by atoms with E-state index in [4.69, 9.17) is 11.6 Å². The van der Waals surface area contributed by atoms with Gasteiger partial charge >= 0.3 is 0 Å². The minimum absolute atomic E-state index is 0.181. The summed E-state index contributed by atoms with van der Waals surface area (Å²) in [4.78, 5) is 0. The van der Waals surface area contributed by atoms with Crippen LogP contribution in [0.5, 0.6) is 0 Å². The second kappa shape index (κ2) is 10.6. The first-order valence-electron chi connectivity index (χ1n) is 7.26. The summed E-state index contributed by atoms with van der Waals surface area (Å²) in [6, 6.07) is 4.89. The van der Waals surface area contributed by atoms with Gasteiger partial charge < -0.3 is 0 Å². The van der Waals surface area contributed by atoms with E-state index < -0.39 is 0 Å². The quantitative estimate of drug-likeness (QED) is 0.447. The lowest BCUT2D eigenvalue weighted by molar-refractivity contribution is 0.603. The summed E-state index contributed by atoms with van der Waals surface area (Å²) in [6.07, 6.45) is 9.25. The fraction of sp³-hybridized carbons (Fsp3) is 0.625. The number of halogens is 2. The van der Waals surface area contributed by atoms with E-state index in [-0.39, 0.29) is 5.82 Å². The molecular formula is C16H24ClFS. The molecule has 1 aromatic rings. The number of hydrogen-bond acceptors (Lipinski definition) is 1. The van der Waals surface area contributed by atoms with Gasteiger partial charge in [-0.25, -0.2) is 4.39 Å². The molecule has 0 spiro atoms. The molecule has 0 nitrogen and oxygen atoms in total. The Hall–Kier alpha value is -0.210. The van der Waals surface area contributed by atoms with E-state index >= 15 is 0 Å². The third-order valence-electron chi connectivity index (χ3n) is 3.20. The molecule has 0 fully saturated rings. The maximum Gasteiger partial charge on any atom is 0.128 e. The molecule has 3 heteroatoms. The van der Waals surface area contributed by atoms with E-state index in [1.54, 1.807) is 23.9 Å². The van der Waals surface area contributed by atoms with Crippen LogP contribution < -0.4 is 0 Å². The lowest BCUT2D eigenvalue weighted by Gasteiger charge is -2.05. The predicted octanol–water partition coefficient (Wildman–Crippen LogP) is 6.46. The fourth-order valence-electron chi connectivity index (χ4n) is 2.01. The molecule has 0 saturated heterocycles. The SMILES string of the molecule is CCCCCCCCCSCc1c(F)cccc1Cl. The molecule has 1 rings (SSSR count). The summed E-state index contributed by atoms with van der Waals surface area (Å²) in [7, 11) is 0. The number of thioether (sulfide) groups is 1. The van der Waals surface area contributed by atoms with Crippen LogP contribution in [0.15, 0.2) is 18.2 Å². The minimum Gasteiger partial charge on any atom is -0.207 e. The first-order chi connectivity index (χ1) is 9.25. The van der Waals surface area contributed by atoms with Crippen molar-refractivity contribution in [2.24, 2.45) is 0 Å². The lowest BCUT2D eigenvalue weighted by Crippen LogP contribution is -1.90. The molecule has 19 heavy (non-hydrogen) atoms. The molecule has 0 aliphatic rings. The van der Waals surface area contributed by atoms with Crippen LogP contribution >= 0.6 is 23.4 Å². The summed E-state index contributed by atoms with van der Waals surface area (Å²) in [6.45, 7) is 2.24. The summed E-state index contributed by atoms with van der Waals surface area (Å²) in [5, 5.41) is 0.548. The zero-order valence-electron chi connectivity index (χ0n) is 11.8. The van der Waals surface area contributed by atoms with Crippen molar-refractivity contribution in [3.8, 4) is 0 Å². The second-order valence-corrected chi connectivity index (χ2v) is 6.39. The third kappa shape index (κ3) is 7.22. The molecule has 0 saturated carbocycles. The van der Waals surface area contributed by atoms with E-state index in [0.717, 1.165) is 5.75 Å². The van der Waals surface area contributed by atoms with Crippen LogP contribution in [0.3, 0.4) is 0 Å². The van der Waals surface area contributed by atoms with Gasteiger partial charge in [0.15, 0.2) is 0 Å². The molecule has 1 aromatic carbocycles. The Kier molecular flexibility index (Phi) is 9.36. The van der Waals surface area contributed by atoms with Crippen molar-refractivity contribution in [3.63, 3.8) is 0 Å². The molecule has 0 aliphatic carbocycles. The first-order valence-corrected chi connectivity index (χ1v) is 8.79. The summed E-state index contributed by atoms with van der Waals surface area (Å²) >= 11 is 7.77. The zero-order chi connectivity index (χ0) is 13.9. The van der Waals surface area contributed by atoms with Gasteiger partial charge in [0.2, 0.25) is 0 Å². The molecular weight excluding hydrogens is 279 g/mol. The van der Waals surface area contributed by atoms with Crippen LogP contribution in [0, 0.1) is 5.82 Å². The molecule has 0 unspecified atom stereocenters. The van der Waals surface area contributed by atoms with Crippen LogP contribution in [-0.4, -0.2) is 5.75 Å². The van der Waals surface area contributed by atoms with Crippen molar-refractivity contribution < 1.29 is 4.39 Å². The molecule has 0 atom stereocenters. The molecule has 0 radical (unpaired) electrons. The van der Waals surface area contributed by atoms with Crippen LogP contribution in [0.4, 0.5) is 4.39 Å². The van der Waals surface area contributed by atoms with Gasteiger partial charge in [-0.05, 0) is 24.3 Å². The van der Waals surface area contributed by atoms with Crippen molar-refractivity contribution in [1.29, 1.82) is 0 Å². The van der Waals surface area contributed by atoms with Gasteiger partial charge in [-0.2, -0.15) is 11.8 Å². The fourth-order valence-corrected chi connectivity index (χ4v) is 3.36. The topological polar surface area (TPSA) is 0 Å². The van der Waals surface area contributed by atoms with E-state index in [1.165, 1.54) is 51.0 Å². The Balaban J connectivity index is 2.05. The highest BCUT2D eigenvalue weighted by molar-refractivity contribution is 7.98. The van der Waals surface area contributed by atoms with Gasteiger partial charge in [0, 0.05) is 16.3 Å². The Morgan fingerprint density at radius 1 is 1.05 bits per heavy atom. The van der Waals surface area contributed by atoms with Gasteiger partial charge in [0.05, 0.1) is 0 Å². The highest BCUT2D eigenvalue weighted by Gasteiger charge is 2.06. The van der Waals surface area contributed by atoms with Crippen molar-refractivity contribution in [2.45, 2.75) is 57.6 Å². The van der Waals surface area contributed by atoms with Crippen molar-refractivity contribution in [3.05, 3.63) is 34.6 Å². The van der Waals surface area contributed by atoms with Crippen LogP contribution in [0.2, 0.25) is 5.02 Å². The minimum atomic E-state index is -0.181. The van der Waals surface area contributed by atoms with Gasteiger partial charge in [-0.15, -0.1) is 0 Å². The van der Waals surface area contributed by atoms with Gasteiger partial charge in [-0.3, -0.25) is 0 Å². The largest absolute Gasteiger partial charge is 0.207 e. The highest BCUT2D eigenvalue weighted by Crippen LogP contribution is 2.24. The summed E-state index contributed by atoms with van der Waals surface area (Å²) in [5.74, 6) is 1.60. The molecule has 108 valence electrons. The van der Waals surface area contributed by atoms with Crippen LogP contribution in [-0.2, 0) is 5.75 Å². The smallest absolute Gasteiger partial charge is 0.128 e. The second-order valence-electron chi connectivity index (χ2n) is 4.87. The van der Waals surface area contributed by atoms with E-state index in [9.17, 15) is 4.39 Å². The Bertz CT molecular complexity index is 334. The molecule has 0 amide bonds. The van der Waals surface area contributed by atoms with Crippen molar-refractivity contribution in [2.75, 3.05) is 5.75 Å². The Morgan fingerprint density at radius 3 is 2.42 bits per heavy atom. The molecule has 0 heterocycles. The maximum atomic E-state index is 13.5. The maximum absolute atomic E-state index is 13.5. The lowest BCUT2D eigenvalue weighted by atomic mass is 10.1.